The van der Waals surface area contributed by atoms with E-state index < -0.39 is 0 Å². The van der Waals surface area contributed by atoms with Crippen LogP contribution in [0.2, 0.25) is 0 Å². The number of allylic oxidation sites excluding steroid dienone is 3. The van der Waals surface area contributed by atoms with Crippen LogP contribution in [-0.2, 0) is 4.79 Å². The van der Waals surface area contributed by atoms with E-state index in [9.17, 15) is 4.79 Å². The van der Waals surface area contributed by atoms with E-state index in [0.717, 1.165) is 11.1 Å². The summed E-state index contributed by atoms with van der Waals surface area (Å²) in [5.74, 6) is -0.380. The molecule has 0 saturated heterocycles. The van der Waals surface area contributed by atoms with E-state index in [4.69, 9.17) is 5.73 Å². The molecule has 12 heavy (non-hydrogen) atoms. The summed E-state index contributed by atoms with van der Waals surface area (Å²) < 4.78 is 0. The Kier molecular flexibility index (Phi) is 2.33. The van der Waals surface area contributed by atoms with Crippen molar-refractivity contribution >= 4 is 5.91 Å². The van der Waals surface area contributed by atoms with Crippen molar-refractivity contribution in [3.63, 3.8) is 0 Å². The molecule has 0 aromatic carbocycles. The standard InChI is InChI=1S/C9H12N2O/c1-6(2)7-3-8(9(10)12)5-11-4-7/h3-4,11H,1,5H2,2H3,(H2,10,12). The summed E-state index contributed by atoms with van der Waals surface area (Å²) in [6.07, 6.45) is 3.59. The van der Waals surface area contributed by atoms with Crippen molar-refractivity contribution in [1.29, 1.82) is 0 Å². The van der Waals surface area contributed by atoms with Gasteiger partial charge in [-0.05, 0) is 24.1 Å². The summed E-state index contributed by atoms with van der Waals surface area (Å²) >= 11 is 0. The number of hydrogen-bond donors (Lipinski definition) is 2. The van der Waals surface area contributed by atoms with E-state index in [0.29, 0.717) is 12.1 Å². The van der Waals surface area contributed by atoms with E-state index >= 15 is 0 Å². The quantitative estimate of drug-likeness (QED) is 0.623. The Bertz CT molecular complexity index is 287. The Labute approximate surface area is 71.6 Å². The first-order chi connectivity index (χ1) is 5.61. The molecule has 0 fully saturated rings. The van der Waals surface area contributed by atoms with Crippen molar-refractivity contribution in [1.82, 2.24) is 5.32 Å². The normalized spacial score (nSPS) is 15.8. The lowest BCUT2D eigenvalue weighted by atomic mass is 10.0. The van der Waals surface area contributed by atoms with E-state index in [1.807, 2.05) is 13.1 Å². The molecule has 1 rings (SSSR count). The number of nitrogens with one attached hydrogen (secondary N) is 1. The molecule has 1 aliphatic heterocycles. The predicted octanol–water partition coefficient (Wildman–Crippen LogP) is 0.461. The number of dihydropyridines is 1. The predicted molar refractivity (Wildman–Crippen MR) is 48.2 cm³/mol. The lowest BCUT2D eigenvalue weighted by Gasteiger charge is -2.12. The molecule has 1 heterocycles. The van der Waals surface area contributed by atoms with Crippen molar-refractivity contribution in [3.8, 4) is 0 Å². The average molecular weight is 164 g/mol. The second-order valence-electron chi connectivity index (χ2n) is 2.79. The third kappa shape index (κ3) is 1.75. The van der Waals surface area contributed by atoms with Gasteiger partial charge in [0, 0.05) is 18.3 Å². The van der Waals surface area contributed by atoms with Crippen molar-refractivity contribution in [3.05, 3.63) is 35.6 Å². The summed E-state index contributed by atoms with van der Waals surface area (Å²) in [7, 11) is 0. The Hall–Kier alpha value is -1.51. The Balaban J connectivity index is 2.88. The number of primary amides is 1. The number of carbonyl (C=O) groups is 1. The summed E-state index contributed by atoms with van der Waals surface area (Å²) in [6, 6.07) is 0. The summed E-state index contributed by atoms with van der Waals surface area (Å²) in [5, 5.41) is 2.96. The van der Waals surface area contributed by atoms with Crippen LogP contribution < -0.4 is 11.1 Å². The lowest BCUT2D eigenvalue weighted by Crippen LogP contribution is -2.25. The van der Waals surface area contributed by atoms with Crippen molar-refractivity contribution in [2.75, 3.05) is 6.54 Å². The molecule has 0 aliphatic carbocycles. The monoisotopic (exact) mass is 164 g/mol. The molecule has 0 saturated carbocycles. The molecule has 3 nitrogen and oxygen atoms in total. The van der Waals surface area contributed by atoms with Crippen LogP contribution in [0.5, 0.6) is 0 Å². The van der Waals surface area contributed by atoms with Gasteiger partial charge in [-0.15, -0.1) is 0 Å². The van der Waals surface area contributed by atoms with Crippen LogP contribution in [-0.4, -0.2) is 12.5 Å². The van der Waals surface area contributed by atoms with Gasteiger partial charge in [0.05, 0.1) is 0 Å². The minimum atomic E-state index is -0.380. The van der Waals surface area contributed by atoms with Gasteiger partial charge in [-0.2, -0.15) is 0 Å². The van der Waals surface area contributed by atoms with E-state index in [2.05, 4.69) is 11.9 Å². The highest BCUT2D eigenvalue weighted by molar-refractivity contribution is 5.93. The average Bonchev–Trinajstić information content (AvgIpc) is 2.04. The van der Waals surface area contributed by atoms with E-state index in [-0.39, 0.29) is 5.91 Å². The first kappa shape index (κ1) is 8.59. The van der Waals surface area contributed by atoms with Crippen LogP contribution in [0.25, 0.3) is 0 Å². The molecule has 0 aromatic heterocycles. The smallest absolute Gasteiger partial charge is 0.246 e. The van der Waals surface area contributed by atoms with Gasteiger partial charge in [-0.3, -0.25) is 4.79 Å². The van der Waals surface area contributed by atoms with Crippen LogP contribution >= 0.6 is 0 Å². The van der Waals surface area contributed by atoms with Gasteiger partial charge in [0.25, 0.3) is 0 Å². The molecule has 0 unspecified atom stereocenters. The number of rotatable bonds is 2. The topological polar surface area (TPSA) is 55.1 Å². The highest BCUT2D eigenvalue weighted by atomic mass is 16.1. The van der Waals surface area contributed by atoms with Gasteiger partial charge in [0.1, 0.15) is 0 Å². The number of amides is 1. The Morgan fingerprint density at radius 1 is 1.75 bits per heavy atom. The zero-order chi connectivity index (χ0) is 9.14. The zero-order valence-corrected chi connectivity index (χ0v) is 7.05. The lowest BCUT2D eigenvalue weighted by molar-refractivity contribution is -0.114. The molecule has 0 radical (unpaired) electrons. The maximum Gasteiger partial charge on any atom is 0.246 e. The van der Waals surface area contributed by atoms with Crippen LogP contribution in [0.15, 0.2) is 35.6 Å². The highest BCUT2D eigenvalue weighted by Crippen LogP contribution is 2.13. The molecule has 1 aliphatic rings. The van der Waals surface area contributed by atoms with Gasteiger partial charge in [-0.25, -0.2) is 0 Å². The van der Waals surface area contributed by atoms with Crippen molar-refractivity contribution in [2.45, 2.75) is 6.92 Å². The minimum absolute atomic E-state index is 0.380. The third-order valence-electron chi connectivity index (χ3n) is 1.69. The molecular weight excluding hydrogens is 152 g/mol. The fourth-order valence-corrected chi connectivity index (χ4v) is 0.956. The number of carbonyl (C=O) groups excluding carboxylic acids is 1. The fraction of sp³-hybridized carbons (Fsp3) is 0.222. The van der Waals surface area contributed by atoms with Crippen LogP contribution in [0.1, 0.15) is 6.92 Å². The van der Waals surface area contributed by atoms with Gasteiger partial charge in [-0.1, -0.05) is 6.58 Å². The fourth-order valence-electron chi connectivity index (χ4n) is 0.956. The Morgan fingerprint density at radius 2 is 2.42 bits per heavy atom. The molecule has 0 aromatic rings. The molecule has 0 bridgehead atoms. The number of nitrogens with two attached hydrogens (primary N) is 1. The maximum atomic E-state index is 10.8. The van der Waals surface area contributed by atoms with Gasteiger partial charge >= 0.3 is 0 Å². The van der Waals surface area contributed by atoms with E-state index in [1.165, 1.54) is 0 Å². The van der Waals surface area contributed by atoms with Gasteiger partial charge in [0.2, 0.25) is 5.91 Å². The summed E-state index contributed by atoms with van der Waals surface area (Å²) in [6.45, 7) is 6.16. The first-order valence-electron chi connectivity index (χ1n) is 3.71. The van der Waals surface area contributed by atoms with Crippen LogP contribution in [0, 0.1) is 0 Å². The van der Waals surface area contributed by atoms with Crippen LogP contribution in [0.3, 0.4) is 0 Å². The summed E-state index contributed by atoms with van der Waals surface area (Å²) in [4.78, 5) is 10.8. The second-order valence-corrected chi connectivity index (χ2v) is 2.79. The number of hydrogen-bond acceptors (Lipinski definition) is 2. The largest absolute Gasteiger partial charge is 0.386 e. The SMILES string of the molecule is C=C(C)C1=CNCC(C(N)=O)=C1. The maximum absolute atomic E-state index is 10.8. The molecule has 3 N–H and O–H groups in total. The molecule has 0 atom stereocenters. The second kappa shape index (κ2) is 3.26. The summed E-state index contributed by atoms with van der Waals surface area (Å²) in [5.41, 5.74) is 7.56. The molecule has 64 valence electrons. The van der Waals surface area contributed by atoms with Crippen molar-refractivity contribution in [2.24, 2.45) is 5.73 Å². The van der Waals surface area contributed by atoms with Gasteiger partial charge in [0.15, 0.2) is 0 Å². The Morgan fingerprint density at radius 3 is 2.92 bits per heavy atom. The molecular formula is C9H12N2O. The van der Waals surface area contributed by atoms with Crippen molar-refractivity contribution < 1.29 is 4.79 Å². The molecule has 1 amide bonds. The molecule has 3 heteroatoms. The highest BCUT2D eigenvalue weighted by Gasteiger charge is 2.09. The van der Waals surface area contributed by atoms with E-state index in [1.54, 1.807) is 6.08 Å². The molecule has 0 spiro atoms. The first-order valence-corrected chi connectivity index (χ1v) is 3.71. The minimum Gasteiger partial charge on any atom is -0.386 e. The third-order valence-corrected chi connectivity index (χ3v) is 1.69. The van der Waals surface area contributed by atoms with Crippen LogP contribution in [0.4, 0.5) is 0 Å². The van der Waals surface area contributed by atoms with Gasteiger partial charge < -0.3 is 11.1 Å². The zero-order valence-electron chi connectivity index (χ0n) is 7.05.